The quantitative estimate of drug-likeness (QED) is 0.0626. The second-order valence-corrected chi connectivity index (χ2v) is 14.7. The second-order valence-electron chi connectivity index (χ2n) is 12.2. The lowest BCUT2D eigenvalue weighted by Crippen LogP contribution is -2.35. The summed E-state index contributed by atoms with van der Waals surface area (Å²) >= 11 is 11.8. The molecular weight excluding hydrogens is 934 g/mol. The number of sulfonamides is 1. The molecule has 0 aliphatic carbocycles. The predicted octanol–water partition coefficient (Wildman–Crippen LogP) is 8.21. The number of carboxylic acids is 2. The second kappa shape index (κ2) is 22.2. The molecule has 0 spiro atoms. The third-order valence-electron chi connectivity index (χ3n) is 7.71. The third kappa shape index (κ3) is 14.2. The number of anilines is 1. The number of hydrogen-bond acceptors (Lipinski definition) is 15. The van der Waals surface area contributed by atoms with Gasteiger partial charge in [0.05, 0.1) is 39.8 Å². The van der Waals surface area contributed by atoms with Gasteiger partial charge in [-0.25, -0.2) is 27.5 Å². The number of nitrogens with zero attached hydrogens (tertiary/aromatic N) is 5. The van der Waals surface area contributed by atoms with E-state index in [0.717, 1.165) is 35.7 Å². The van der Waals surface area contributed by atoms with E-state index >= 15 is 0 Å². The highest BCUT2D eigenvalue weighted by atomic mass is 35.5. The standard InChI is InChI=1S/C15H11ClF3NO4.C13H13N5O6S.C11H8ClNO3/c1-2-23-14-8-10(4-5-12(14)20(21)22)24-13-6-3-9(7-11(13)16)15(17,18)19;1-7-14-11(17-13(15-7)24-2)16-12(21)18-25(22,23)9-6-4-3-5-8(9)10(19)20;12-8-3-4-9(16-6-10(14)15)11-7(8)2-1-5-13-11/h3-8H,2H2,1H3;3-6H,1-2H3,(H,19,20)(H2,14,15,16,17,18,21);1-5H,6H2,(H,14,15). The Labute approximate surface area is 375 Å². The van der Waals surface area contributed by atoms with Crippen molar-refractivity contribution >= 4 is 73.7 Å². The van der Waals surface area contributed by atoms with Gasteiger partial charge in [0.1, 0.15) is 33.5 Å². The van der Waals surface area contributed by atoms with E-state index in [2.05, 4.69) is 25.3 Å². The molecule has 6 rings (SSSR count). The molecule has 4 N–H and O–H groups in total. The number of carboxylic acid groups (broad SMARTS) is 2. The number of methoxy groups -OCH3 is 1. The number of alkyl halides is 3. The smallest absolute Gasteiger partial charge is 0.416 e. The van der Waals surface area contributed by atoms with Gasteiger partial charge >= 0.3 is 35.8 Å². The summed E-state index contributed by atoms with van der Waals surface area (Å²) in [4.78, 5) is 58.6. The number of aryl methyl sites for hydroxylation is 1. The molecule has 342 valence electrons. The molecule has 20 nitrogen and oxygen atoms in total. The van der Waals surface area contributed by atoms with Crippen LogP contribution < -0.4 is 29.0 Å². The van der Waals surface area contributed by atoms with Crippen LogP contribution in [-0.2, 0) is 21.0 Å². The molecule has 2 heterocycles. The lowest BCUT2D eigenvalue weighted by atomic mass is 10.2. The topological polar surface area (TPSA) is 281 Å². The van der Waals surface area contributed by atoms with Crippen LogP contribution in [0.15, 0.2) is 96.0 Å². The molecule has 0 bridgehead atoms. The van der Waals surface area contributed by atoms with Crippen LogP contribution in [0.25, 0.3) is 10.9 Å². The Morgan fingerprint density at radius 3 is 2.22 bits per heavy atom. The lowest BCUT2D eigenvalue weighted by Gasteiger charge is -2.12. The number of aromatic carboxylic acids is 1. The van der Waals surface area contributed by atoms with Crippen molar-refractivity contribution in [2.24, 2.45) is 0 Å². The molecule has 0 saturated heterocycles. The summed E-state index contributed by atoms with van der Waals surface area (Å²) in [5.41, 5.74) is -1.06. The molecule has 0 saturated carbocycles. The SMILES string of the molecule is CCOc1cc(Oc2ccc(C(F)(F)F)cc2Cl)ccc1[N+](=O)[O-].COc1nc(C)nc(NC(=O)NS(=O)(=O)c2ccccc2C(=O)O)n1.O=C(O)COc1ccc(Cl)c2cccnc12. The molecule has 6 aromatic rings. The Hall–Kier alpha value is -7.57. The first-order chi connectivity index (χ1) is 30.6. The fraction of sp³-hybridized carbons (Fsp3) is 0.154. The van der Waals surface area contributed by atoms with Crippen LogP contribution in [0.4, 0.5) is 29.6 Å². The van der Waals surface area contributed by atoms with Gasteiger partial charge in [-0.1, -0.05) is 35.3 Å². The first-order valence-corrected chi connectivity index (χ1v) is 20.1. The number of benzene rings is 4. The predicted molar refractivity (Wildman–Crippen MR) is 225 cm³/mol. The highest BCUT2D eigenvalue weighted by Crippen LogP contribution is 2.38. The third-order valence-corrected chi connectivity index (χ3v) is 9.73. The van der Waals surface area contributed by atoms with E-state index < -0.39 is 61.7 Å². The Bertz CT molecular complexity index is 2840. The van der Waals surface area contributed by atoms with Crippen LogP contribution in [-0.4, -0.2) is 81.8 Å². The maximum Gasteiger partial charge on any atom is 0.416 e. The maximum absolute atomic E-state index is 12.6. The van der Waals surface area contributed by atoms with E-state index in [9.17, 15) is 46.1 Å². The summed E-state index contributed by atoms with van der Waals surface area (Å²) in [6, 6.07) is 16.9. The Balaban J connectivity index is 0.000000219. The number of carbonyl (C=O) groups excluding carboxylic acids is 1. The Morgan fingerprint density at radius 1 is 0.877 bits per heavy atom. The number of halogens is 5. The van der Waals surface area contributed by atoms with Crippen molar-refractivity contribution < 1.29 is 70.1 Å². The number of carbonyl (C=O) groups is 3. The van der Waals surface area contributed by atoms with Crippen LogP contribution >= 0.6 is 23.2 Å². The van der Waals surface area contributed by atoms with E-state index in [1.807, 2.05) is 0 Å². The summed E-state index contributed by atoms with van der Waals surface area (Å²) in [5.74, 6) is -1.93. The zero-order chi connectivity index (χ0) is 48.1. The molecule has 4 aromatic carbocycles. The van der Waals surface area contributed by atoms with E-state index in [-0.39, 0.29) is 52.3 Å². The number of hydrogen-bond donors (Lipinski definition) is 4. The van der Waals surface area contributed by atoms with Crippen molar-refractivity contribution in [3.8, 4) is 29.0 Å². The molecular formula is C39H32Cl2F3N7O13S. The number of amides is 2. The normalized spacial score (nSPS) is 10.8. The molecule has 0 atom stereocenters. The van der Waals surface area contributed by atoms with Crippen molar-refractivity contribution in [2.75, 3.05) is 25.6 Å². The highest BCUT2D eigenvalue weighted by molar-refractivity contribution is 7.90. The van der Waals surface area contributed by atoms with Gasteiger partial charge in [0.25, 0.3) is 10.0 Å². The molecule has 65 heavy (non-hydrogen) atoms. The number of ether oxygens (including phenoxy) is 4. The van der Waals surface area contributed by atoms with E-state index in [0.29, 0.717) is 16.3 Å². The lowest BCUT2D eigenvalue weighted by molar-refractivity contribution is -0.385. The van der Waals surface area contributed by atoms with Crippen molar-refractivity contribution in [2.45, 2.75) is 24.9 Å². The van der Waals surface area contributed by atoms with Crippen molar-refractivity contribution in [3.05, 3.63) is 128 Å². The fourth-order valence-corrected chi connectivity index (χ4v) is 6.56. The zero-order valence-electron chi connectivity index (χ0n) is 33.5. The van der Waals surface area contributed by atoms with Crippen molar-refractivity contribution in [3.63, 3.8) is 0 Å². The molecule has 2 amide bonds. The molecule has 0 radical (unpaired) electrons. The number of nitro groups is 1. The highest BCUT2D eigenvalue weighted by Gasteiger charge is 2.31. The van der Waals surface area contributed by atoms with Crippen LogP contribution in [0.2, 0.25) is 10.0 Å². The molecule has 26 heteroatoms. The molecule has 0 unspecified atom stereocenters. The molecule has 2 aromatic heterocycles. The summed E-state index contributed by atoms with van der Waals surface area (Å²) < 4.78 is 84.5. The van der Waals surface area contributed by atoms with E-state index in [1.54, 1.807) is 42.1 Å². The van der Waals surface area contributed by atoms with Gasteiger partial charge in [0.2, 0.25) is 11.7 Å². The number of nitro benzene ring substituents is 1. The van der Waals surface area contributed by atoms with Gasteiger partial charge in [-0.3, -0.25) is 20.4 Å². The largest absolute Gasteiger partial charge is 0.487 e. The van der Waals surface area contributed by atoms with Gasteiger partial charge in [0.15, 0.2) is 6.61 Å². The molecule has 0 fully saturated rings. The van der Waals surface area contributed by atoms with Crippen LogP contribution in [0.5, 0.6) is 29.0 Å². The molecule has 0 aliphatic heterocycles. The molecule has 0 aliphatic rings. The number of pyridine rings is 1. The monoisotopic (exact) mass is 965 g/mol. The van der Waals surface area contributed by atoms with Crippen molar-refractivity contribution in [1.82, 2.24) is 24.7 Å². The van der Waals surface area contributed by atoms with E-state index in [1.165, 1.54) is 44.4 Å². The van der Waals surface area contributed by atoms with Gasteiger partial charge < -0.3 is 29.2 Å². The van der Waals surface area contributed by atoms with Crippen LogP contribution in [0, 0.1) is 17.0 Å². The van der Waals surface area contributed by atoms with Gasteiger partial charge in [-0.2, -0.15) is 28.1 Å². The summed E-state index contributed by atoms with van der Waals surface area (Å²) in [6.45, 7) is 2.98. The minimum Gasteiger partial charge on any atom is -0.487 e. The summed E-state index contributed by atoms with van der Waals surface area (Å²) in [5, 5.41) is 31.7. The Kier molecular flexibility index (Phi) is 17.1. The van der Waals surface area contributed by atoms with Crippen molar-refractivity contribution in [1.29, 1.82) is 0 Å². The summed E-state index contributed by atoms with van der Waals surface area (Å²) in [6.07, 6.45) is -2.91. The van der Waals surface area contributed by atoms with Crippen LogP contribution in [0.3, 0.4) is 0 Å². The first kappa shape index (κ1) is 50.1. The number of rotatable bonds is 13. The number of fused-ring (bicyclic) bond motifs is 1. The number of nitrogens with one attached hydrogen (secondary N) is 2. The minimum atomic E-state index is -4.52. The average molecular weight is 967 g/mol. The van der Waals surface area contributed by atoms with Gasteiger partial charge in [-0.05, 0) is 74.5 Å². The fourth-order valence-electron chi connectivity index (χ4n) is 5.02. The number of urea groups is 1. The van der Waals surface area contributed by atoms with Gasteiger partial charge in [-0.15, -0.1) is 0 Å². The maximum atomic E-state index is 12.6. The number of aromatic nitrogens is 4. The summed E-state index contributed by atoms with van der Waals surface area (Å²) in [7, 11) is -3.11. The Morgan fingerprint density at radius 2 is 1.58 bits per heavy atom. The first-order valence-electron chi connectivity index (χ1n) is 17.9. The van der Waals surface area contributed by atoms with Crippen LogP contribution in [0.1, 0.15) is 28.7 Å². The van der Waals surface area contributed by atoms with E-state index in [4.69, 9.17) is 52.4 Å². The average Bonchev–Trinajstić information content (AvgIpc) is 3.24. The number of aliphatic carboxylic acids is 1. The van der Waals surface area contributed by atoms with Gasteiger partial charge in [0, 0.05) is 23.7 Å². The zero-order valence-corrected chi connectivity index (χ0v) is 35.8. The minimum absolute atomic E-state index is 0.0111.